The van der Waals surface area contributed by atoms with E-state index in [0.29, 0.717) is 5.92 Å². The topological polar surface area (TPSA) is 21.3 Å². The highest BCUT2D eigenvalue weighted by atomic mass is 16.5. The van der Waals surface area contributed by atoms with Gasteiger partial charge in [-0.1, -0.05) is 26.0 Å². The van der Waals surface area contributed by atoms with Gasteiger partial charge in [-0.25, -0.2) is 0 Å². The minimum atomic E-state index is -0.0519. The van der Waals surface area contributed by atoms with Crippen LogP contribution in [0.1, 0.15) is 52.0 Å². The van der Waals surface area contributed by atoms with Gasteiger partial charge < -0.3 is 10.1 Å². The third-order valence-corrected chi connectivity index (χ3v) is 3.70. The molecule has 1 aromatic carbocycles. The molecule has 18 heavy (non-hydrogen) atoms. The molecule has 0 saturated heterocycles. The lowest BCUT2D eigenvalue weighted by Gasteiger charge is -2.23. The Kier molecular flexibility index (Phi) is 5.67. The third kappa shape index (κ3) is 4.69. The Morgan fingerprint density at radius 2 is 1.83 bits per heavy atom. The molecular weight excluding hydrogens is 222 g/mol. The van der Waals surface area contributed by atoms with Crippen LogP contribution in [0.3, 0.4) is 0 Å². The molecule has 2 heteroatoms. The molecule has 0 aromatic heterocycles. The first-order valence-electron chi connectivity index (χ1n) is 6.87. The quantitative estimate of drug-likeness (QED) is 0.772. The molecule has 1 atom stereocenters. The van der Waals surface area contributed by atoms with Gasteiger partial charge in [-0.2, -0.15) is 0 Å². The fourth-order valence-electron chi connectivity index (χ4n) is 1.78. The zero-order valence-electron chi connectivity index (χ0n) is 12.4. The van der Waals surface area contributed by atoms with E-state index in [-0.39, 0.29) is 5.60 Å². The molecule has 0 fully saturated rings. The summed E-state index contributed by atoms with van der Waals surface area (Å²) in [5, 5.41) is 3.44. The molecule has 102 valence electrons. The predicted octanol–water partition coefficient (Wildman–Crippen LogP) is 4.43. The fourth-order valence-corrected chi connectivity index (χ4v) is 1.78. The van der Waals surface area contributed by atoms with Gasteiger partial charge >= 0.3 is 0 Å². The smallest absolute Gasteiger partial charge is 0.0639 e. The molecule has 0 heterocycles. The average Bonchev–Trinajstić information content (AvgIpc) is 2.38. The van der Waals surface area contributed by atoms with Crippen LogP contribution in [0.2, 0.25) is 0 Å². The minimum absolute atomic E-state index is 0.0519. The van der Waals surface area contributed by atoms with Gasteiger partial charge in [0.2, 0.25) is 0 Å². The minimum Gasteiger partial charge on any atom is -0.385 e. The second kappa shape index (κ2) is 6.79. The van der Waals surface area contributed by atoms with Crippen LogP contribution in [-0.2, 0) is 4.74 Å². The van der Waals surface area contributed by atoms with Crippen LogP contribution in [0.25, 0.3) is 0 Å². The van der Waals surface area contributed by atoms with Gasteiger partial charge in [0.1, 0.15) is 0 Å². The van der Waals surface area contributed by atoms with E-state index >= 15 is 0 Å². The summed E-state index contributed by atoms with van der Waals surface area (Å²) in [6.07, 6.45) is 2.19. The summed E-state index contributed by atoms with van der Waals surface area (Å²) in [7, 11) is 1.76. The molecule has 0 amide bonds. The van der Waals surface area contributed by atoms with Gasteiger partial charge in [-0.05, 0) is 50.3 Å². The fraction of sp³-hybridized carbons (Fsp3) is 0.625. The molecule has 1 unspecified atom stereocenters. The van der Waals surface area contributed by atoms with Crippen LogP contribution in [0.4, 0.5) is 5.69 Å². The second-order valence-corrected chi connectivity index (χ2v) is 5.57. The highest BCUT2D eigenvalue weighted by molar-refractivity contribution is 5.45. The Hall–Kier alpha value is -1.02. The monoisotopic (exact) mass is 249 g/mol. The maximum Gasteiger partial charge on any atom is 0.0639 e. The van der Waals surface area contributed by atoms with E-state index in [9.17, 15) is 0 Å². The molecule has 1 aromatic rings. The zero-order valence-corrected chi connectivity index (χ0v) is 12.4. The summed E-state index contributed by atoms with van der Waals surface area (Å²) in [6, 6.07) is 8.78. The number of ether oxygens (including phenoxy) is 1. The molecular formula is C16H27NO. The van der Waals surface area contributed by atoms with Gasteiger partial charge in [0.05, 0.1) is 5.60 Å². The molecule has 1 rings (SSSR count). The first-order valence-corrected chi connectivity index (χ1v) is 6.87. The van der Waals surface area contributed by atoms with Crippen LogP contribution < -0.4 is 5.32 Å². The van der Waals surface area contributed by atoms with Gasteiger partial charge in [0, 0.05) is 19.3 Å². The molecule has 1 N–H and O–H groups in total. The van der Waals surface area contributed by atoms with Crippen molar-refractivity contribution < 1.29 is 4.74 Å². The van der Waals surface area contributed by atoms with E-state index in [4.69, 9.17) is 4.74 Å². The molecule has 0 spiro atoms. The second-order valence-electron chi connectivity index (χ2n) is 5.57. The Bertz CT molecular complexity index is 343. The van der Waals surface area contributed by atoms with Gasteiger partial charge in [0.25, 0.3) is 0 Å². The molecule has 0 saturated carbocycles. The number of benzene rings is 1. The van der Waals surface area contributed by atoms with Gasteiger partial charge in [0.15, 0.2) is 0 Å². The van der Waals surface area contributed by atoms with E-state index in [1.807, 2.05) is 0 Å². The SMILES string of the molecule is CCC(C)c1ccc(NCCC(C)(C)OC)cc1. The van der Waals surface area contributed by atoms with E-state index in [2.05, 4.69) is 57.3 Å². The Balaban J connectivity index is 2.45. The van der Waals surface area contributed by atoms with Crippen LogP contribution >= 0.6 is 0 Å². The number of hydrogen-bond acceptors (Lipinski definition) is 2. The summed E-state index contributed by atoms with van der Waals surface area (Å²) in [4.78, 5) is 0. The Morgan fingerprint density at radius 1 is 1.22 bits per heavy atom. The van der Waals surface area contributed by atoms with Crippen molar-refractivity contribution in [2.45, 2.75) is 52.1 Å². The van der Waals surface area contributed by atoms with Crippen LogP contribution in [0, 0.1) is 0 Å². The number of methoxy groups -OCH3 is 1. The molecule has 0 aliphatic heterocycles. The number of nitrogens with one attached hydrogen (secondary N) is 1. The summed E-state index contributed by atoms with van der Waals surface area (Å²) in [6.45, 7) is 9.65. The van der Waals surface area contributed by atoms with Crippen molar-refractivity contribution in [3.05, 3.63) is 29.8 Å². The Labute approximate surface area is 112 Å². The molecule has 0 radical (unpaired) electrons. The van der Waals surface area contributed by atoms with Crippen molar-refractivity contribution in [1.82, 2.24) is 0 Å². The number of rotatable bonds is 7. The zero-order chi connectivity index (χ0) is 13.6. The summed E-state index contributed by atoms with van der Waals surface area (Å²) < 4.78 is 5.40. The standard InChI is InChI=1S/C16H27NO/c1-6-13(2)14-7-9-15(10-8-14)17-12-11-16(3,4)18-5/h7-10,13,17H,6,11-12H2,1-5H3. The summed E-state index contributed by atoms with van der Waals surface area (Å²) in [5.74, 6) is 0.645. The Morgan fingerprint density at radius 3 is 2.33 bits per heavy atom. The van der Waals surface area contributed by atoms with Crippen molar-refractivity contribution >= 4 is 5.69 Å². The molecule has 0 aliphatic rings. The third-order valence-electron chi connectivity index (χ3n) is 3.70. The predicted molar refractivity (Wildman–Crippen MR) is 79.3 cm³/mol. The van der Waals surface area contributed by atoms with E-state index in [0.717, 1.165) is 13.0 Å². The maximum atomic E-state index is 5.40. The number of anilines is 1. The molecule has 2 nitrogen and oxygen atoms in total. The molecule has 0 bridgehead atoms. The first-order chi connectivity index (χ1) is 8.48. The summed E-state index contributed by atoms with van der Waals surface area (Å²) in [5.41, 5.74) is 2.55. The van der Waals surface area contributed by atoms with E-state index < -0.39 is 0 Å². The molecule has 0 aliphatic carbocycles. The average molecular weight is 249 g/mol. The first kappa shape index (κ1) is 15.0. The highest BCUT2D eigenvalue weighted by Gasteiger charge is 2.15. The van der Waals surface area contributed by atoms with E-state index in [1.165, 1.54) is 17.7 Å². The van der Waals surface area contributed by atoms with Crippen molar-refractivity contribution in [2.24, 2.45) is 0 Å². The largest absolute Gasteiger partial charge is 0.385 e. The lowest BCUT2D eigenvalue weighted by Crippen LogP contribution is -2.25. The van der Waals surface area contributed by atoms with Crippen molar-refractivity contribution in [3.8, 4) is 0 Å². The lowest BCUT2D eigenvalue weighted by molar-refractivity contribution is 0.0185. The number of hydrogen-bond donors (Lipinski definition) is 1. The summed E-state index contributed by atoms with van der Waals surface area (Å²) >= 11 is 0. The lowest BCUT2D eigenvalue weighted by atomic mass is 9.98. The van der Waals surface area contributed by atoms with Crippen molar-refractivity contribution in [3.63, 3.8) is 0 Å². The van der Waals surface area contributed by atoms with Crippen molar-refractivity contribution in [1.29, 1.82) is 0 Å². The van der Waals surface area contributed by atoms with Crippen LogP contribution in [0.15, 0.2) is 24.3 Å². The van der Waals surface area contributed by atoms with E-state index in [1.54, 1.807) is 7.11 Å². The van der Waals surface area contributed by atoms with Gasteiger partial charge in [-0.15, -0.1) is 0 Å². The maximum absolute atomic E-state index is 5.40. The van der Waals surface area contributed by atoms with Gasteiger partial charge in [-0.3, -0.25) is 0 Å². The normalized spacial score (nSPS) is 13.4. The van der Waals surface area contributed by atoms with Crippen LogP contribution in [0.5, 0.6) is 0 Å². The highest BCUT2D eigenvalue weighted by Crippen LogP contribution is 2.21. The van der Waals surface area contributed by atoms with Crippen molar-refractivity contribution in [2.75, 3.05) is 19.0 Å². The van der Waals surface area contributed by atoms with Crippen LogP contribution in [-0.4, -0.2) is 19.3 Å².